The molecule has 4 N–H and O–H groups in total. The molecule has 1 unspecified atom stereocenters. The maximum absolute atomic E-state index is 13.4. The lowest BCUT2D eigenvalue weighted by molar-refractivity contribution is 0.273. The van der Waals surface area contributed by atoms with Crippen LogP contribution in [0.25, 0.3) is 0 Å². The molecule has 0 bridgehead atoms. The van der Waals surface area contributed by atoms with Crippen molar-refractivity contribution in [2.75, 3.05) is 13.7 Å². The number of nitrogens with two attached hydrogens (primary N) is 1. The standard InChI is InChI=1S/C10H13F2NO3/c1-16-10-5(7(13)2-3-14)4-6(11)9(15)8(10)12/h4,7,14-15H,2-3,13H2,1H3. The molecule has 6 heteroatoms. The first kappa shape index (κ1) is 12.7. The summed E-state index contributed by atoms with van der Waals surface area (Å²) in [5.41, 5.74) is 5.69. The van der Waals surface area contributed by atoms with Crippen molar-refractivity contribution in [1.82, 2.24) is 0 Å². The molecule has 0 radical (unpaired) electrons. The highest BCUT2D eigenvalue weighted by Crippen LogP contribution is 2.35. The van der Waals surface area contributed by atoms with Gasteiger partial charge in [-0.05, 0) is 12.5 Å². The number of halogens is 2. The van der Waals surface area contributed by atoms with E-state index >= 15 is 0 Å². The van der Waals surface area contributed by atoms with Crippen molar-refractivity contribution in [3.05, 3.63) is 23.3 Å². The van der Waals surface area contributed by atoms with E-state index in [4.69, 9.17) is 20.7 Å². The number of rotatable bonds is 4. The predicted molar refractivity (Wildman–Crippen MR) is 53.2 cm³/mol. The van der Waals surface area contributed by atoms with Crippen LogP contribution in [0.3, 0.4) is 0 Å². The maximum Gasteiger partial charge on any atom is 0.209 e. The van der Waals surface area contributed by atoms with Gasteiger partial charge in [0.25, 0.3) is 0 Å². The van der Waals surface area contributed by atoms with Crippen molar-refractivity contribution < 1.29 is 23.7 Å². The molecule has 0 heterocycles. The van der Waals surface area contributed by atoms with Gasteiger partial charge in [0.15, 0.2) is 17.3 Å². The fourth-order valence-electron chi connectivity index (χ4n) is 1.39. The van der Waals surface area contributed by atoms with Crippen molar-refractivity contribution in [2.45, 2.75) is 12.5 Å². The third-order valence-electron chi connectivity index (χ3n) is 2.22. The molecule has 1 aromatic rings. The lowest BCUT2D eigenvalue weighted by Gasteiger charge is -2.16. The summed E-state index contributed by atoms with van der Waals surface area (Å²) in [6.45, 7) is -0.214. The second kappa shape index (κ2) is 5.09. The van der Waals surface area contributed by atoms with E-state index in [0.717, 1.165) is 6.07 Å². The molecule has 0 saturated heterocycles. The Bertz CT molecular complexity index is 385. The number of benzene rings is 1. The highest BCUT2D eigenvalue weighted by atomic mass is 19.1. The Morgan fingerprint density at radius 2 is 2.12 bits per heavy atom. The van der Waals surface area contributed by atoms with Gasteiger partial charge in [0.2, 0.25) is 5.82 Å². The molecule has 0 saturated carbocycles. The minimum atomic E-state index is -1.19. The molecule has 16 heavy (non-hydrogen) atoms. The van der Waals surface area contributed by atoms with Crippen LogP contribution in [0.5, 0.6) is 11.5 Å². The number of ether oxygens (including phenoxy) is 1. The number of hydrogen-bond acceptors (Lipinski definition) is 4. The molecule has 1 atom stereocenters. The van der Waals surface area contributed by atoms with Gasteiger partial charge < -0.3 is 20.7 Å². The van der Waals surface area contributed by atoms with Crippen LogP contribution in [0.15, 0.2) is 6.07 Å². The molecule has 0 aromatic heterocycles. The lowest BCUT2D eigenvalue weighted by atomic mass is 10.0. The summed E-state index contributed by atoms with van der Waals surface area (Å²) in [7, 11) is 1.19. The zero-order valence-corrected chi connectivity index (χ0v) is 8.70. The van der Waals surface area contributed by atoms with E-state index in [2.05, 4.69) is 0 Å². The van der Waals surface area contributed by atoms with Crippen LogP contribution in [-0.4, -0.2) is 23.9 Å². The minimum absolute atomic E-state index is 0.0735. The van der Waals surface area contributed by atoms with Crippen LogP contribution >= 0.6 is 0 Å². The summed E-state index contributed by atoms with van der Waals surface area (Å²) in [6, 6.07) is 0.141. The molecule has 1 rings (SSSR count). The van der Waals surface area contributed by atoms with Crippen LogP contribution in [0, 0.1) is 11.6 Å². The summed E-state index contributed by atoms with van der Waals surface area (Å²) in [6.07, 6.45) is 0.139. The largest absolute Gasteiger partial charge is 0.503 e. The van der Waals surface area contributed by atoms with Crippen LogP contribution < -0.4 is 10.5 Å². The molecule has 0 aliphatic rings. The van der Waals surface area contributed by atoms with Gasteiger partial charge in [-0.2, -0.15) is 4.39 Å². The van der Waals surface area contributed by atoms with Gasteiger partial charge in [-0.1, -0.05) is 0 Å². The van der Waals surface area contributed by atoms with E-state index in [1.807, 2.05) is 0 Å². The van der Waals surface area contributed by atoms with Gasteiger partial charge in [-0.3, -0.25) is 0 Å². The van der Waals surface area contributed by atoms with Crippen molar-refractivity contribution >= 4 is 0 Å². The van der Waals surface area contributed by atoms with Gasteiger partial charge in [0, 0.05) is 18.2 Å². The van der Waals surface area contributed by atoms with E-state index in [1.54, 1.807) is 0 Å². The molecule has 0 aliphatic heterocycles. The Kier molecular flexibility index (Phi) is 4.03. The first-order valence-electron chi connectivity index (χ1n) is 4.64. The first-order chi connectivity index (χ1) is 7.52. The zero-order valence-electron chi connectivity index (χ0n) is 8.70. The quantitative estimate of drug-likeness (QED) is 0.726. The van der Waals surface area contributed by atoms with Gasteiger partial charge in [0.1, 0.15) is 0 Å². The van der Waals surface area contributed by atoms with Crippen molar-refractivity contribution in [3.63, 3.8) is 0 Å². The number of aliphatic hydroxyl groups is 1. The fourth-order valence-corrected chi connectivity index (χ4v) is 1.39. The van der Waals surface area contributed by atoms with Crippen LogP contribution in [0.2, 0.25) is 0 Å². The van der Waals surface area contributed by atoms with Crippen molar-refractivity contribution in [1.29, 1.82) is 0 Å². The maximum atomic E-state index is 13.4. The Morgan fingerprint density at radius 3 is 2.62 bits per heavy atom. The highest BCUT2D eigenvalue weighted by Gasteiger charge is 2.22. The van der Waals surface area contributed by atoms with Crippen molar-refractivity contribution in [3.8, 4) is 11.5 Å². The number of phenolic OH excluding ortho intramolecular Hbond substituents is 1. The van der Waals surface area contributed by atoms with Gasteiger partial charge in [0.05, 0.1) is 7.11 Å². The predicted octanol–water partition coefficient (Wildman–Crippen LogP) is 1.06. The lowest BCUT2D eigenvalue weighted by Crippen LogP contribution is -2.14. The van der Waals surface area contributed by atoms with Crippen molar-refractivity contribution in [2.24, 2.45) is 5.73 Å². The molecule has 1 aromatic carbocycles. The minimum Gasteiger partial charge on any atom is -0.503 e. The topological polar surface area (TPSA) is 75.7 Å². The van der Waals surface area contributed by atoms with Crippen LogP contribution in [0.4, 0.5) is 8.78 Å². The normalized spacial score (nSPS) is 12.6. The summed E-state index contributed by atoms with van der Waals surface area (Å²) in [4.78, 5) is 0. The summed E-state index contributed by atoms with van der Waals surface area (Å²) in [5.74, 6) is -3.70. The van der Waals surface area contributed by atoms with Gasteiger partial charge in [-0.15, -0.1) is 0 Å². The third-order valence-corrected chi connectivity index (χ3v) is 2.22. The molecule has 0 amide bonds. The second-order valence-corrected chi connectivity index (χ2v) is 3.26. The van der Waals surface area contributed by atoms with E-state index < -0.39 is 23.4 Å². The second-order valence-electron chi connectivity index (χ2n) is 3.26. The van der Waals surface area contributed by atoms with Crippen LogP contribution in [0.1, 0.15) is 18.0 Å². The van der Waals surface area contributed by atoms with E-state index in [1.165, 1.54) is 7.11 Å². The molecule has 0 aliphatic carbocycles. The summed E-state index contributed by atoms with van der Waals surface area (Å²) in [5, 5.41) is 17.7. The van der Waals surface area contributed by atoms with E-state index in [0.29, 0.717) is 0 Å². The Labute approximate surface area is 91.3 Å². The van der Waals surface area contributed by atoms with Gasteiger partial charge in [-0.25, -0.2) is 4.39 Å². The average Bonchev–Trinajstić information content (AvgIpc) is 2.26. The number of phenols is 1. The molecule has 0 fully saturated rings. The Morgan fingerprint density at radius 1 is 1.50 bits per heavy atom. The first-order valence-corrected chi connectivity index (χ1v) is 4.64. The van der Waals surface area contributed by atoms with E-state index in [-0.39, 0.29) is 24.3 Å². The monoisotopic (exact) mass is 233 g/mol. The third kappa shape index (κ3) is 2.23. The molecular weight excluding hydrogens is 220 g/mol. The molecule has 0 spiro atoms. The van der Waals surface area contributed by atoms with Crippen LogP contribution in [-0.2, 0) is 0 Å². The summed E-state index contributed by atoms with van der Waals surface area (Å²) < 4.78 is 31.2. The summed E-state index contributed by atoms with van der Waals surface area (Å²) >= 11 is 0. The molecule has 4 nitrogen and oxygen atoms in total. The Hall–Kier alpha value is -1.40. The molecular formula is C10H13F2NO3. The smallest absolute Gasteiger partial charge is 0.209 e. The zero-order chi connectivity index (χ0) is 12.3. The fraction of sp³-hybridized carbons (Fsp3) is 0.400. The number of aliphatic hydroxyl groups excluding tert-OH is 1. The molecule has 90 valence electrons. The number of aromatic hydroxyl groups is 1. The SMILES string of the molecule is COc1c(C(N)CCO)cc(F)c(O)c1F. The number of hydrogen-bond donors (Lipinski definition) is 3. The van der Waals surface area contributed by atoms with Gasteiger partial charge >= 0.3 is 0 Å². The number of methoxy groups -OCH3 is 1. The highest BCUT2D eigenvalue weighted by molar-refractivity contribution is 5.44. The van der Waals surface area contributed by atoms with E-state index in [9.17, 15) is 8.78 Å². The average molecular weight is 233 g/mol. The Balaban J connectivity index is 3.27.